The predicted molar refractivity (Wildman–Crippen MR) is 83.8 cm³/mol. The standard InChI is InChI=1S/C17H17F3N2O2/c18-17(19,20)10-4-3-5-11(8-10)21-16(24)14-9-15(23)12-6-1-2-7-13(12)22-14/h1-2,6-7,9-11H,3-5,8H2,(H,21,24)(H,22,23)/t10-,11+/m1/s1. The van der Waals surface area contributed by atoms with E-state index in [4.69, 9.17) is 0 Å². The van der Waals surface area contributed by atoms with Crippen molar-refractivity contribution in [2.24, 2.45) is 5.92 Å². The molecule has 2 atom stereocenters. The van der Waals surface area contributed by atoms with Crippen LogP contribution in [0.4, 0.5) is 13.2 Å². The zero-order valence-corrected chi connectivity index (χ0v) is 12.8. The van der Waals surface area contributed by atoms with Crippen LogP contribution in [0.5, 0.6) is 0 Å². The number of alkyl halides is 3. The van der Waals surface area contributed by atoms with E-state index >= 15 is 0 Å². The number of pyridine rings is 1. The molecule has 4 nitrogen and oxygen atoms in total. The van der Waals surface area contributed by atoms with E-state index in [9.17, 15) is 22.8 Å². The van der Waals surface area contributed by atoms with Crippen LogP contribution in [0.3, 0.4) is 0 Å². The van der Waals surface area contributed by atoms with E-state index in [0.717, 1.165) is 0 Å². The number of fused-ring (bicyclic) bond motifs is 1. The maximum Gasteiger partial charge on any atom is 0.391 e. The molecule has 24 heavy (non-hydrogen) atoms. The molecule has 1 aromatic heterocycles. The van der Waals surface area contributed by atoms with Crippen molar-refractivity contribution in [3.05, 3.63) is 46.2 Å². The van der Waals surface area contributed by atoms with Crippen LogP contribution in [0.2, 0.25) is 0 Å². The highest BCUT2D eigenvalue weighted by Crippen LogP contribution is 2.37. The maximum atomic E-state index is 12.8. The Labute approximate surface area is 136 Å². The number of nitrogens with one attached hydrogen (secondary N) is 2. The fourth-order valence-corrected chi connectivity index (χ4v) is 3.20. The quantitative estimate of drug-likeness (QED) is 0.882. The number of hydrogen-bond donors (Lipinski definition) is 2. The van der Waals surface area contributed by atoms with Gasteiger partial charge in [0.1, 0.15) is 5.69 Å². The lowest BCUT2D eigenvalue weighted by atomic mass is 9.85. The van der Waals surface area contributed by atoms with Gasteiger partial charge in [-0.25, -0.2) is 0 Å². The summed E-state index contributed by atoms with van der Waals surface area (Å²) in [5, 5.41) is 3.08. The van der Waals surface area contributed by atoms with Gasteiger partial charge in [0.05, 0.1) is 5.92 Å². The van der Waals surface area contributed by atoms with Gasteiger partial charge < -0.3 is 10.3 Å². The minimum atomic E-state index is -4.24. The van der Waals surface area contributed by atoms with Gasteiger partial charge in [-0.3, -0.25) is 9.59 Å². The lowest BCUT2D eigenvalue weighted by molar-refractivity contribution is -0.183. The number of carbonyl (C=O) groups excluding carboxylic acids is 1. The molecule has 0 saturated heterocycles. The Morgan fingerprint density at radius 2 is 1.96 bits per heavy atom. The summed E-state index contributed by atoms with van der Waals surface area (Å²) >= 11 is 0. The summed E-state index contributed by atoms with van der Waals surface area (Å²) < 4.78 is 38.5. The Bertz CT molecular complexity index is 813. The molecule has 0 spiro atoms. The molecule has 7 heteroatoms. The van der Waals surface area contributed by atoms with E-state index in [-0.39, 0.29) is 24.0 Å². The van der Waals surface area contributed by atoms with Gasteiger partial charge >= 0.3 is 6.18 Å². The predicted octanol–water partition coefficient (Wildman–Crippen LogP) is 3.38. The zero-order valence-electron chi connectivity index (χ0n) is 12.8. The number of halogens is 3. The second kappa shape index (κ2) is 6.30. The van der Waals surface area contributed by atoms with E-state index < -0.39 is 24.0 Å². The van der Waals surface area contributed by atoms with Crippen molar-refractivity contribution in [1.29, 1.82) is 0 Å². The zero-order chi connectivity index (χ0) is 17.3. The molecule has 1 amide bonds. The van der Waals surface area contributed by atoms with Gasteiger partial charge in [-0.1, -0.05) is 18.6 Å². The molecule has 1 aliphatic carbocycles. The average Bonchev–Trinajstić information content (AvgIpc) is 2.54. The molecule has 0 aliphatic heterocycles. The summed E-state index contributed by atoms with van der Waals surface area (Å²) in [6.45, 7) is 0. The van der Waals surface area contributed by atoms with Crippen LogP contribution in [0.1, 0.15) is 36.2 Å². The minimum absolute atomic E-state index is 0.0628. The molecule has 0 radical (unpaired) electrons. The van der Waals surface area contributed by atoms with Crippen LogP contribution in [0.25, 0.3) is 10.9 Å². The summed E-state index contributed by atoms with van der Waals surface area (Å²) in [4.78, 5) is 27.2. The number of H-pyrrole nitrogens is 1. The number of aromatic amines is 1. The second-order valence-electron chi connectivity index (χ2n) is 6.17. The first-order valence-electron chi connectivity index (χ1n) is 7.84. The summed E-state index contributed by atoms with van der Waals surface area (Å²) in [7, 11) is 0. The van der Waals surface area contributed by atoms with Crippen LogP contribution in [-0.4, -0.2) is 23.1 Å². The van der Waals surface area contributed by atoms with Gasteiger partial charge in [0, 0.05) is 23.0 Å². The summed E-state index contributed by atoms with van der Waals surface area (Å²) in [5.74, 6) is -1.93. The van der Waals surface area contributed by atoms with Crippen molar-refractivity contribution >= 4 is 16.8 Å². The van der Waals surface area contributed by atoms with Crippen LogP contribution in [0.15, 0.2) is 35.1 Å². The number of para-hydroxylation sites is 1. The van der Waals surface area contributed by atoms with Crippen molar-refractivity contribution in [1.82, 2.24) is 10.3 Å². The molecular weight excluding hydrogens is 321 g/mol. The fourth-order valence-electron chi connectivity index (χ4n) is 3.20. The summed E-state index contributed by atoms with van der Waals surface area (Å²) in [6.07, 6.45) is -3.32. The third-order valence-corrected chi connectivity index (χ3v) is 4.45. The molecule has 2 aromatic rings. The number of rotatable bonds is 2. The van der Waals surface area contributed by atoms with E-state index in [1.807, 2.05) is 0 Å². The molecule has 2 N–H and O–H groups in total. The smallest absolute Gasteiger partial charge is 0.350 e. The van der Waals surface area contributed by atoms with Crippen molar-refractivity contribution in [3.8, 4) is 0 Å². The Hall–Kier alpha value is -2.31. The van der Waals surface area contributed by atoms with Crippen molar-refractivity contribution in [3.63, 3.8) is 0 Å². The highest BCUT2D eigenvalue weighted by atomic mass is 19.4. The molecule has 128 valence electrons. The van der Waals surface area contributed by atoms with Crippen molar-refractivity contribution in [2.45, 2.75) is 37.9 Å². The van der Waals surface area contributed by atoms with Gasteiger partial charge in [-0.15, -0.1) is 0 Å². The Morgan fingerprint density at radius 3 is 2.71 bits per heavy atom. The molecule has 1 saturated carbocycles. The molecule has 1 aliphatic rings. The minimum Gasteiger partial charge on any atom is -0.350 e. The highest BCUT2D eigenvalue weighted by Gasteiger charge is 2.42. The third kappa shape index (κ3) is 3.44. The van der Waals surface area contributed by atoms with E-state index in [1.165, 1.54) is 6.07 Å². The number of hydrogen-bond acceptors (Lipinski definition) is 2. The van der Waals surface area contributed by atoms with Crippen LogP contribution in [0, 0.1) is 5.92 Å². The highest BCUT2D eigenvalue weighted by molar-refractivity contribution is 5.95. The van der Waals surface area contributed by atoms with Crippen LogP contribution in [-0.2, 0) is 0 Å². The van der Waals surface area contributed by atoms with Gasteiger partial charge in [0.25, 0.3) is 5.91 Å². The third-order valence-electron chi connectivity index (χ3n) is 4.45. The number of aromatic nitrogens is 1. The number of amides is 1. The molecule has 0 bridgehead atoms. The van der Waals surface area contributed by atoms with E-state index in [0.29, 0.717) is 23.7 Å². The second-order valence-corrected chi connectivity index (χ2v) is 6.17. The number of benzene rings is 1. The molecule has 3 rings (SSSR count). The number of carbonyl (C=O) groups is 1. The van der Waals surface area contributed by atoms with E-state index in [1.54, 1.807) is 24.3 Å². The Morgan fingerprint density at radius 1 is 1.21 bits per heavy atom. The average molecular weight is 338 g/mol. The molecule has 1 fully saturated rings. The first-order chi connectivity index (χ1) is 11.3. The topological polar surface area (TPSA) is 62.0 Å². The van der Waals surface area contributed by atoms with Gasteiger partial charge in [-0.05, 0) is 31.4 Å². The van der Waals surface area contributed by atoms with Crippen molar-refractivity contribution in [2.75, 3.05) is 0 Å². The van der Waals surface area contributed by atoms with Crippen LogP contribution >= 0.6 is 0 Å². The normalized spacial score (nSPS) is 21.6. The maximum absolute atomic E-state index is 12.8. The molecule has 0 unspecified atom stereocenters. The Kier molecular flexibility index (Phi) is 4.34. The molecule has 1 heterocycles. The van der Waals surface area contributed by atoms with Gasteiger partial charge in [0.2, 0.25) is 0 Å². The largest absolute Gasteiger partial charge is 0.391 e. The molecular formula is C17H17F3N2O2. The monoisotopic (exact) mass is 338 g/mol. The lowest BCUT2D eigenvalue weighted by Gasteiger charge is -2.31. The molecule has 1 aromatic carbocycles. The Balaban J connectivity index is 1.77. The summed E-state index contributed by atoms with van der Waals surface area (Å²) in [6, 6.07) is 7.42. The lowest BCUT2D eigenvalue weighted by Crippen LogP contribution is -2.42. The fraction of sp³-hybridized carbons (Fsp3) is 0.412. The van der Waals surface area contributed by atoms with Gasteiger partial charge in [0.15, 0.2) is 5.43 Å². The van der Waals surface area contributed by atoms with Gasteiger partial charge in [-0.2, -0.15) is 13.2 Å². The SMILES string of the molecule is O=C(N[C@H]1CCC[C@@H](C(F)(F)F)C1)c1cc(=O)c2ccccc2[nH]1. The first kappa shape index (κ1) is 16.5. The van der Waals surface area contributed by atoms with Crippen molar-refractivity contribution < 1.29 is 18.0 Å². The van der Waals surface area contributed by atoms with E-state index in [2.05, 4.69) is 10.3 Å². The first-order valence-corrected chi connectivity index (χ1v) is 7.84. The van der Waals surface area contributed by atoms with Crippen LogP contribution < -0.4 is 10.7 Å². The summed E-state index contributed by atoms with van der Waals surface area (Å²) in [5.41, 5.74) is 0.283.